The van der Waals surface area contributed by atoms with Crippen LogP contribution >= 0.6 is 0 Å². The van der Waals surface area contributed by atoms with Crippen molar-refractivity contribution >= 4 is 11.9 Å². The first-order chi connectivity index (χ1) is 14.3. The van der Waals surface area contributed by atoms with E-state index in [-0.39, 0.29) is 24.3 Å². The van der Waals surface area contributed by atoms with Gasteiger partial charge in [-0.2, -0.15) is 0 Å². The number of fused-ring (bicyclic) bond motifs is 1. The molecule has 2 heterocycles. The smallest absolute Gasteiger partial charge is 0.307 e. The normalized spacial score (nSPS) is 26.4. The molecule has 0 saturated carbocycles. The van der Waals surface area contributed by atoms with Crippen LogP contribution in [0.15, 0.2) is 60.7 Å². The van der Waals surface area contributed by atoms with Crippen molar-refractivity contribution in [3.8, 4) is 0 Å². The summed E-state index contributed by atoms with van der Waals surface area (Å²) in [6.45, 7) is 5.96. The number of amides is 1. The third kappa shape index (κ3) is 3.86. The average molecular weight is 408 g/mol. The highest BCUT2D eigenvalue weighted by molar-refractivity contribution is 5.86. The number of rotatable bonds is 4. The number of benzene rings is 2. The van der Waals surface area contributed by atoms with Gasteiger partial charge in [-0.15, -0.1) is 0 Å². The summed E-state index contributed by atoms with van der Waals surface area (Å²) in [6, 6.07) is 19.7. The van der Waals surface area contributed by atoms with Crippen LogP contribution in [0.1, 0.15) is 57.2 Å². The van der Waals surface area contributed by atoms with Gasteiger partial charge >= 0.3 is 5.97 Å². The molecule has 2 saturated heterocycles. The summed E-state index contributed by atoms with van der Waals surface area (Å²) >= 11 is 0. The summed E-state index contributed by atoms with van der Waals surface area (Å²) in [6.07, 6.45) is 1.34. The summed E-state index contributed by atoms with van der Waals surface area (Å²) in [5.74, 6) is -0.767. The van der Waals surface area contributed by atoms with E-state index in [2.05, 4.69) is 0 Å². The molecular weight excluding hydrogens is 378 g/mol. The molecule has 158 valence electrons. The first-order valence-electron chi connectivity index (χ1n) is 10.6. The standard InChI is InChI=1S/C25H29NO4/c1-24(2,3)30-22(27)16-19-14-15-25(20-12-8-5-9-13-20)26(23(19)28)21(17-29-25)18-10-6-4-7-11-18/h4-13,19,21H,14-17H2,1-3H3/t19-,21-,25+/m0/s1. The maximum absolute atomic E-state index is 13.7. The zero-order valence-corrected chi connectivity index (χ0v) is 17.8. The lowest BCUT2D eigenvalue weighted by Gasteiger charge is -2.45. The van der Waals surface area contributed by atoms with Gasteiger partial charge in [0.1, 0.15) is 5.60 Å². The van der Waals surface area contributed by atoms with Gasteiger partial charge in [-0.3, -0.25) is 9.59 Å². The zero-order valence-electron chi connectivity index (χ0n) is 17.8. The van der Waals surface area contributed by atoms with Crippen LogP contribution < -0.4 is 0 Å². The molecule has 0 spiro atoms. The SMILES string of the molecule is CC(C)(C)OC(=O)C[C@@H]1CC[C@]2(c3ccccc3)OC[C@@H](c3ccccc3)N2C1=O. The maximum atomic E-state index is 13.7. The Morgan fingerprint density at radius 3 is 2.37 bits per heavy atom. The van der Waals surface area contributed by atoms with Crippen LogP contribution in [0.2, 0.25) is 0 Å². The Balaban J connectivity index is 1.66. The van der Waals surface area contributed by atoms with Crippen molar-refractivity contribution in [2.45, 2.75) is 57.4 Å². The van der Waals surface area contributed by atoms with Crippen molar-refractivity contribution in [3.63, 3.8) is 0 Å². The zero-order chi connectivity index (χ0) is 21.4. The minimum Gasteiger partial charge on any atom is -0.460 e. The van der Waals surface area contributed by atoms with Gasteiger partial charge in [0, 0.05) is 17.9 Å². The average Bonchev–Trinajstić information content (AvgIpc) is 3.12. The van der Waals surface area contributed by atoms with E-state index in [4.69, 9.17) is 9.47 Å². The number of nitrogens with zero attached hydrogens (tertiary/aromatic N) is 1. The Bertz CT molecular complexity index is 906. The molecule has 3 atom stereocenters. The minimum atomic E-state index is -0.788. The predicted octanol–water partition coefficient (Wildman–Crippen LogP) is 4.58. The third-order valence-electron chi connectivity index (χ3n) is 5.84. The van der Waals surface area contributed by atoms with Crippen molar-refractivity contribution in [1.82, 2.24) is 4.90 Å². The summed E-state index contributed by atoms with van der Waals surface area (Å²) in [5.41, 5.74) is 0.670. The molecule has 0 radical (unpaired) electrons. The number of hydrogen-bond donors (Lipinski definition) is 0. The van der Waals surface area contributed by atoms with Crippen LogP contribution in [0.25, 0.3) is 0 Å². The second-order valence-corrected chi connectivity index (χ2v) is 9.12. The molecule has 1 amide bonds. The molecule has 2 fully saturated rings. The van der Waals surface area contributed by atoms with E-state index in [0.717, 1.165) is 11.1 Å². The Morgan fingerprint density at radius 2 is 1.73 bits per heavy atom. The van der Waals surface area contributed by atoms with E-state index in [9.17, 15) is 9.59 Å². The van der Waals surface area contributed by atoms with E-state index in [0.29, 0.717) is 19.4 Å². The van der Waals surface area contributed by atoms with Crippen LogP contribution in [0.3, 0.4) is 0 Å². The lowest BCUT2D eigenvalue weighted by molar-refractivity contribution is -0.176. The molecule has 2 aliphatic heterocycles. The Morgan fingerprint density at radius 1 is 1.10 bits per heavy atom. The van der Waals surface area contributed by atoms with Crippen molar-refractivity contribution < 1.29 is 19.1 Å². The Hall–Kier alpha value is -2.66. The second kappa shape index (κ2) is 7.88. The summed E-state index contributed by atoms with van der Waals surface area (Å²) in [5, 5.41) is 0. The molecule has 2 aromatic rings. The van der Waals surface area contributed by atoms with Gasteiger partial charge in [0.05, 0.1) is 19.1 Å². The first kappa shape index (κ1) is 20.6. The van der Waals surface area contributed by atoms with Crippen LogP contribution in [0, 0.1) is 5.92 Å². The summed E-state index contributed by atoms with van der Waals surface area (Å²) < 4.78 is 11.9. The minimum absolute atomic E-state index is 0.0395. The van der Waals surface area contributed by atoms with Gasteiger partial charge in [0.25, 0.3) is 0 Å². The topological polar surface area (TPSA) is 55.8 Å². The molecule has 2 aromatic carbocycles. The van der Waals surface area contributed by atoms with Gasteiger partial charge in [0.15, 0.2) is 5.72 Å². The largest absolute Gasteiger partial charge is 0.460 e. The molecule has 5 nitrogen and oxygen atoms in total. The molecule has 0 bridgehead atoms. The van der Waals surface area contributed by atoms with E-state index in [1.807, 2.05) is 86.3 Å². The van der Waals surface area contributed by atoms with Crippen LogP contribution in [0.5, 0.6) is 0 Å². The first-order valence-corrected chi connectivity index (χ1v) is 10.6. The number of esters is 1. The monoisotopic (exact) mass is 407 g/mol. The van der Waals surface area contributed by atoms with Crippen molar-refractivity contribution in [1.29, 1.82) is 0 Å². The van der Waals surface area contributed by atoms with E-state index in [1.165, 1.54) is 0 Å². The van der Waals surface area contributed by atoms with Crippen molar-refractivity contribution in [2.24, 2.45) is 5.92 Å². The van der Waals surface area contributed by atoms with Crippen LogP contribution in [-0.4, -0.2) is 29.0 Å². The molecule has 5 heteroatoms. The predicted molar refractivity (Wildman–Crippen MR) is 113 cm³/mol. The highest BCUT2D eigenvalue weighted by atomic mass is 16.6. The molecular formula is C25H29NO4. The molecule has 0 N–H and O–H groups in total. The van der Waals surface area contributed by atoms with Crippen molar-refractivity contribution in [2.75, 3.05) is 6.61 Å². The van der Waals surface area contributed by atoms with Gasteiger partial charge < -0.3 is 14.4 Å². The number of carbonyl (C=O) groups is 2. The summed E-state index contributed by atoms with van der Waals surface area (Å²) in [7, 11) is 0. The molecule has 4 rings (SSSR count). The number of ether oxygens (including phenoxy) is 2. The lowest BCUT2D eigenvalue weighted by atomic mass is 9.83. The second-order valence-electron chi connectivity index (χ2n) is 9.12. The fourth-order valence-electron chi connectivity index (χ4n) is 4.59. The van der Waals surface area contributed by atoms with Gasteiger partial charge in [0.2, 0.25) is 5.91 Å². The van der Waals surface area contributed by atoms with E-state index < -0.39 is 17.2 Å². The molecule has 30 heavy (non-hydrogen) atoms. The molecule has 0 aliphatic carbocycles. The quantitative estimate of drug-likeness (QED) is 0.696. The summed E-state index contributed by atoms with van der Waals surface area (Å²) in [4.78, 5) is 28.0. The van der Waals surface area contributed by atoms with Gasteiger partial charge in [-0.05, 0) is 32.8 Å². The Kier molecular flexibility index (Phi) is 5.41. The van der Waals surface area contributed by atoms with Crippen molar-refractivity contribution in [3.05, 3.63) is 71.8 Å². The van der Waals surface area contributed by atoms with E-state index in [1.54, 1.807) is 0 Å². The fourth-order valence-corrected chi connectivity index (χ4v) is 4.59. The Labute approximate surface area is 178 Å². The molecule has 2 aliphatic rings. The van der Waals surface area contributed by atoms with E-state index >= 15 is 0 Å². The highest BCUT2D eigenvalue weighted by Gasteiger charge is 2.56. The highest BCUT2D eigenvalue weighted by Crippen LogP contribution is 2.51. The maximum Gasteiger partial charge on any atom is 0.307 e. The third-order valence-corrected chi connectivity index (χ3v) is 5.84. The lowest BCUT2D eigenvalue weighted by Crippen LogP contribution is -2.53. The van der Waals surface area contributed by atoms with Crippen LogP contribution in [0.4, 0.5) is 0 Å². The fraction of sp³-hybridized carbons (Fsp3) is 0.440. The van der Waals surface area contributed by atoms with Gasteiger partial charge in [-0.25, -0.2) is 0 Å². The number of hydrogen-bond acceptors (Lipinski definition) is 4. The number of carbonyl (C=O) groups excluding carboxylic acids is 2. The van der Waals surface area contributed by atoms with Gasteiger partial charge in [-0.1, -0.05) is 60.7 Å². The van der Waals surface area contributed by atoms with Crippen LogP contribution in [-0.2, 0) is 24.8 Å². The number of piperidine rings is 1. The molecule has 0 unspecified atom stereocenters. The molecule has 0 aromatic heterocycles.